The van der Waals surface area contributed by atoms with E-state index in [1.165, 1.54) is 12.1 Å². The maximum atomic E-state index is 13.6. The molecule has 1 amide bonds. The average Bonchev–Trinajstić information content (AvgIpc) is 3.09. The van der Waals surface area contributed by atoms with E-state index >= 15 is 0 Å². The highest BCUT2D eigenvalue weighted by atomic mass is 35.5. The summed E-state index contributed by atoms with van der Waals surface area (Å²) in [5, 5.41) is 3.01. The number of hydrogen-bond acceptors (Lipinski definition) is 3. The molecule has 0 fully saturated rings. The zero-order chi connectivity index (χ0) is 18.5. The van der Waals surface area contributed by atoms with Crippen LogP contribution in [-0.2, 0) is 23.1 Å². The monoisotopic (exact) mass is 391 g/mol. The Hall–Kier alpha value is -2.44. The Morgan fingerprint density at radius 2 is 1.81 bits per heavy atom. The lowest BCUT2D eigenvalue weighted by atomic mass is 10.2. The zero-order valence-corrected chi connectivity index (χ0v) is 15.1. The number of carbonyl (C=O) groups is 1. The molecule has 1 heterocycles. The lowest BCUT2D eigenvalue weighted by Crippen LogP contribution is -2.22. The third-order valence-corrected chi connectivity index (χ3v) is 5.47. The minimum atomic E-state index is -1.39. The molecule has 0 aliphatic carbocycles. The van der Waals surface area contributed by atoms with Gasteiger partial charge in [0, 0.05) is 12.1 Å². The van der Waals surface area contributed by atoms with Crippen LogP contribution < -0.4 is 5.32 Å². The van der Waals surface area contributed by atoms with Crippen molar-refractivity contribution in [2.45, 2.75) is 17.2 Å². The summed E-state index contributed by atoms with van der Waals surface area (Å²) in [6.45, 7) is 0.0487. The summed E-state index contributed by atoms with van der Waals surface area (Å²) in [5.41, 5.74) is 0.382. The normalized spacial score (nSPS) is 11.9. The first-order chi connectivity index (χ1) is 12.5. The maximum absolute atomic E-state index is 13.6. The van der Waals surface area contributed by atoms with Crippen molar-refractivity contribution < 1.29 is 17.8 Å². The van der Waals surface area contributed by atoms with Gasteiger partial charge >= 0.3 is 0 Å². The molecule has 0 aliphatic rings. The number of hydrogen-bond donors (Lipinski definition) is 1. The van der Waals surface area contributed by atoms with Gasteiger partial charge in [0.25, 0.3) is 5.91 Å². The zero-order valence-electron chi connectivity index (χ0n) is 13.6. The molecule has 0 aliphatic heterocycles. The second kappa shape index (κ2) is 8.29. The van der Waals surface area contributed by atoms with E-state index < -0.39 is 16.7 Å². The van der Waals surface area contributed by atoms with Crippen LogP contribution in [0.3, 0.4) is 0 Å². The summed E-state index contributed by atoms with van der Waals surface area (Å²) in [7, 11) is -1.39. The first kappa shape index (κ1) is 18.4. The van der Waals surface area contributed by atoms with Gasteiger partial charge in [-0.3, -0.25) is 9.00 Å². The molecule has 3 aromatic rings. The molecular formula is C19H15ClFNO3S. The SMILES string of the molecule is O=C(NCc1ccccc1F)c1ccc(C[S@](=O)c2ccccc2Cl)o1. The minimum Gasteiger partial charge on any atom is -0.455 e. The second-order valence-electron chi connectivity index (χ2n) is 5.46. The molecule has 4 nitrogen and oxygen atoms in total. The van der Waals surface area contributed by atoms with Crippen LogP contribution in [-0.4, -0.2) is 10.1 Å². The Bertz CT molecular complexity index is 957. The van der Waals surface area contributed by atoms with Gasteiger partial charge in [-0.25, -0.2) is 4.39 Å². The topological polar surface area (TPSA) is 59.3 Å². The largest absolute Gasteiger partial charge is 0.455 e. The van der Waals surface area contributed by atoms with Crippen molar-refractivity contribution in [3.05, 3.63) is 88.6 Å². The number of nitrogens with one attached hydrogen (secondary N) is 1. The van der Waals surface area contributed by atoms with E-state index in [0.29, 0.717) is 21.2 Å². The first-order valence-corrected chi connectivity index (χ1v) is 9.47. The second-order valence-corrected chi connectivity index (χ2v) is 7.29. The Labute approximate surface area is 157 Å². The summed E-state index contributed by atoms with van der Waals surface area (Å²) in [6.07, 6.45) is 0. The Balaban J connectivity index is 1.62. The van der Waals surface area contributed by atoms with Crippen LogP contribution in [0.5, 0.6) is 0 Å². The molecule has 7 heteroatoms. The number of benzene rings is 2. The van der Waals surface area contributed by atoms with E-state index in [0.717, 1.165) is 0 Å². The fourth-order valence-corrected chi connectivity index (χ4v) is 3.80. The van der Waals surface area contributed by atoms with Gasteiger partial charge in [0.2, 0.25) is 0 Å². The molecule has 1 atom stereocenters. The Morgan fingerprint density at radius 1 is 1.08 bits per heavy atom. The van der Waals surface area contributed by atoms with E-state index in [9.17, 15) is 13.4 Å². The van der Waals surface area contributed by atoms with Gasteiger partial charge in [0.1, 0.15) is 11.6 Å². The number of halogens is 2. The molecule has 0 radical (unpaired) electrons. The fourth-order valence-electron chi connectivity index (χ4n) is 2.32. The van der Waals surface area contributed by atoms with Crippen LogP contribution in [0, 0.1) is 5.82 Å². The lowest BCUT2D eigenvalue weighted by molar-refractivity contribution is 0.0921. The van der Waals surface area contributed by atoms with Crippen LogP contribution >= 0.6 is 11.6 Å². The molecule has 26 heavy (non-hydrogen) atoms. The fraction of sp³-hybridized carbons (Fsp3) is 0.105. The molecule has 0 saturated heterocycles. The quantitative estimate of drug-likeness (QED) is 0.681. The van der Waals surface area contributed by atoms with Gasteiger partial charge in [-0.05, 0) is 30.3 Å². The van der Waals surface area contributed by atoms with Crippen molar-refractivity contribution in [2.75, 3.05) is 0 Å². The number of furan rings is 1. The lowest BCUT2D eigenvalue weighted by Gasteiger charge is -2.05. The van der Waals surface area contributed by atoms with Gasteiger partial charge in [-0.15, -0.1) is 0 Å². The smallest absolute Gasteiger partial charge is 0.287 e. The maximum Gasteiger partial charge on any atom is 0.287 e. The molecule has 3 rings (SSSR count). The van der Waals surface area contributed by atoms with Gasteiger partial charge in [0.05, 0.1) is 26.5 Å². The summed E-state index contributed by atoms with van der Waals surface area (Å²) >= 11 is 6.03. The molecular weight excluding hydrogens is 377 g/mol. The van der Waals surface area contributed by atoms with Crippen LogP contribution in [0.15, 0.2) is 70.0 Å². The van der Waals surface area contributed by atoms with Crippen LogP contribution in [0.25, 0.3) is 0 Å². The van der Waals surface area contributed by atoms with Crippen LogP contribution in [0.4, 0.5) is 4.39 Å². The molecule has 2 aromatic carbocycles. The highest BCUT2D eigenvalue weighted by molar-refractivity contribution is 7.84. The van der Waals surface area contributed by atoms with E-state index in [4.69, 9.17) is 16.0 Å². The van der Waals surface area contributed by atoms with Crippen molar-refractivity contribution >= 4 is 28.3 Å². The predicted molar refractivity (Wildman–Crippen MR) is 97.8 cm³/mol. The van der Waals surface area contributed by atoms with Crippen molar-refractivity contribution in [3.63, 3.8) is 0 Å². The molecule has 0 bridgehead atoms. The Morgan fingerprint density at radius 3 is 2.58 bits per heavy atom. The molecule has 0 unspecified atom stereocenters. The van der Waals surface area contributed by atoms with E-state index in [1.807, 2.05) is 0 Å². The van der Waals surface area contributed by atoms with Gasteiger partial charge in [-0.1, -0.05) is 41.9 Å². The number of rotatable bonds is 6. The third kappa shape index (κ3) is 4.39. The van der Waals surface area contributed by atoms with Crippen molar-refractivity contribution in [3.8, 4) is 0 Å². The summed E-state index contributed by atoms with van der Waals surface area (Å²) < 4.78 is 31.4. The Kier molecular flexibility index (Phi) is 5.85. The van der Waals surface area contributed by atoms with Crippen molar-refractivity contribution in [1.29, 1.82) is 0 Å². The van der Waals surface area contributed by atoms with Gasteiger partial charge < -0.3 is 9.73 Å². The molecule has 134 valence electrons. The summed E-state index contributed by atoms with van der Waals surface area (Å²) in [6, 6.07) is 16.1. The molecule has 0 saturated carbocycles. The van der Waals surface area contributed by atoms with Crippen molar-refractivity contribution in [1.82, 2.24) is 5.32 Å². The van der Waals surface area contributed by atoms with Crippen LogP contribution in [0.1, 0.15) is 21.9 Å². The average molecular weight is 392 g/mol. The standard InChI is InChI=1S/C19H15ClFNO3S/c20-15-6-2-4-8-18(15)26(24)12-14-9-10-17(25-14)19(23)22-11-13-5-1-3-7-16(13)21/h1-10H,11-12H2,(H,22,23)/t26-/m0/s1. The number of amides is 1. The highest BCUT2D eigenvalue weighted by Gasteiger charge is 2.15. The van der Waals surface area contributed by atoms with Gasteiger partial charge in [0.15, 0.2) is 5.76 Å². The first-order valence-electron chi connectivity index (χ1n) is 7.78. The number of carbonyl (C=O) groups excluding carboxylic acids is 1. The van der Waals surface area contributed by atoms with E-state index in [-0.39, 0.29) is 23.9 Å². The highest BCUT2D eigenvalue weighted by Crippen LogP contribution is 2.22. The third-order valence-electron chi connectivity index (χ3n) is 3.64. The van der Waals surface area contributed by atoms with E-state index in [1.54, 1.807) is 48.5 Å². The molecule has 1 aromatic heterocycles. The molecule has 0 spiro atoms. The predicted octanol–water partition coefficient (Wildman–Crippen LogP) is 4.31. The van der Waals surface area contributed by atoms with Crippen LogP contribution in [0.2, 0.25) is 5.02 Å². The minimum absolute atomic E-state index is 0.0487. The summed E-state index contributed by atoms with van der Waals surface area (Å²) in [4.78, 5) is 12.6. The summed E-state index contributed by atoms with van der Waals surface area (Å²) in [5.74, 6) is -0.275. The molecule has 1 N–H and O–H groups in total. The van der Waals surface area contributed by atoms with Crippen molar-refractivity contribution in [2.24, 2.45) is 0 Å². The van der Waals surface area contributed by atoms with Gasteiger partial charge in [-0.2, -0.15) is 0 Å². The van der Waals surface area contributed by atoms with E-state index in [2.05, 4.69) is 5.32 Å².